The lowest BCUT2D eigenvalue weighted by Gasteiger charge is -2.46. The molecule has 2 aliphatic rings. The fourth-order valence-electron chi connectivity index (χ4n) is 4.78. The third-order valence-corrected chi connectivity index (χ3v) is 7.09. The van der Waals surface area contributed by atoms with E-state index in [0.717, 1.165) is 51.6 Å². The summed E-state index contributed by atoms with van der Waals surface area (Å²) in [4.78, 5) is 7.12. The molecule has 2 atom stereocenters. The van der Waals surface area contributed by atoms with Gasteiger partial charge in [-0.1, -0.05) is 13.5 Å². The molecule has 0 radical (unpaired) electrons. The molecule has 2 saturated heterocycles. The summed E-state index contributed by atoms with van der Waals surface area (Å²) in [5, 5.41) is 25.6. The third kappa shape index (κ3) is 9.46. The molecular weight excluding hydrogens is 467 g/mol. The largest absolute Gasteiger partial charge is 0.511 e. The average molecular weight is 511 g/mol. The Balaban J connectivity index is 1.86. The van der Waals surface area contributed by atoms with E-state index < -0.39 is 10.9 Å². The van der Waals surface area contributed by atoms with Gasteiger partial charge in [-0.25, -0.2) is 4.39 Å². The third-order valence-electron chi connectivity index (χ3n) is 6.59. The van der Waals surface area contributed by atoms with Crippen LogP contribution in [0.25, 0.3) is 0 Å². The predicted molar refractivity (Wildman–Crippen MR) is 146 cm³/mol. The Bertz CT molecular complexity index is 864. The van der Waals surface area contributed by atoms with Gasteiger partial charge in [0, 0.05) is 56.6 Å². The van der Waals surface area contributed by atoms with E-state index in [-0.39, 0.29) is 17.3 Å². The second kappa shape index (κ2) is 14.4. The molecule has 0 bridgehead atoms. The van der Waals surface area contributed by atoms with Crippen LogP contribution in [0.5, 0.6) is 0 Å². The summed E-state index contributed by atoms with van der Waals surface area (Å²) >= 11 is 0. The Kier molecular flexibility index (Phi) is 12.0. The molecule has 2 aliphatic heterocycles. The number of aliphatic hydroxyl groups is 2. The van der Waals surface area contributed by atoms with E-state index in [1.807, 2.05) is 6.92 Å². The molecule has 35 heavy (non-hydrogen) atoms. The van der Waals surface area contributed by atoms with Crippen LogP contribution in [0.4, 0.5) is 4.39 Å². The van der Waals surface area contributed by atoms with Gasteiger partial charge in [-0.2, -0.15) is 0 Å². The zero-order chi connectivity index (χ0) is 26.0. The van der Waals surface area contributed by atoms with Crippen molar-refractivity contribution in [1.82, 2.24) is 19.4 Å². The highest BCUT2D eigenvalue weighted by Gasteiger charge is 2.32. The van der Waals surface area contributed by atoms with Crippen molar-refractivity contribution in [3.8, 4) is 0 Å². The van der Waals surface area contributed by atoms with Crippen molar-refractivity contribution in [2.75, 3.05) is 45.8 Å². The van der Waals surface area contributed by atoms with Crippen LogP contribution in [0.3, 0.4) is 0 Å². The summed E-state index contributed by atoms with van der Waals surface area (Å²) in [6.45, 7) is 13.2. The highest BCUT2D eigenvalue weighted by molar-refractivity contribution is 8.10. The van der Waals surface area contributed by atoms with Crippen LogP contribution in [-0.4, -0.2) is 88.7 Å². The number of rotatable bonds is 11. The lowest BCUT2D eigenvalue weighted by Crippen LogP contribution is -2.57. The summed E-state index contributed by atoms with van der Waals surface area (Å²) in [5.41, 5.74) is 6.84. The minimum Gasteiger partial charge on any atom is -0.511 e. The second-order valence-electron chi connectivity index (χ2n) is 9.20. The Morgan fingerprint density at radius 3 is 2.37 bits per heavy atom. The monoisotopic (exact) mass is 510 g/mol. The number of likely N-dealkylation sites (tertiary alicyclic amines) is 1. The van der Waals surface area contributed by atoms with E-state index in [1.165, 1.54) is 12.3 Å². The van der Waals surface area contributed by atoms with Crippen molar-refractivity contribution in [3.63, 3.8) is 0 Å². The first-order valence-corrected chi connectivity index (χ1v) is 13.6. The van der Waals surface area contributed by atoms with Crippen LogP contribution in [-0.2, 0) is 0 Å². The van der Waals surface area contributed by atoms with Gasteiger partial charge in [0.05, 0.1) is 12.2 Å². The molecule has 0 aromatic heterocycles. The van der Waals surface area contributed by atoms with E-state index >= 15 is 0 Å². The number of nitrogens with one attached hydrogen (secondary N) is 1. The van der Waals surface area contributed by atoms with E-state index in [9.17, 15) is 14.6 Å². The number of halogens is 1. The number of piperidine rings is 1. The molecule has 2 fully saturated rings. The first kappa shape index (κ1) is 29.1. The molecule has 8 nitrogen and oxygen atoms in total. The van der Waals surface area contributed by atoms with Crippen LogP contribution in [0.1, 0.15) is 33.1 Å². The molecule has 10 heteroatoms. The van der Waals surface area contributed by atoms with Gasteiger partial charge < -0.3 is 20.7 Å². The lowest BCUT2D eigenvalue weighted by atomic mass is 9.99. The van der Waals surface area contributed by atoms with Crippen molar-refractivity contribution in [1.29, 1.82) is 0 Å². The minimum absolute atomic E-state index is 0.153. The van der Waals surface area contributed by atoms with Crippen LogP contribution >= 0.6 is 10.9 Å². The molecule has 198 valence electrons. The maximum Gasteiger partial charge on any atom is 0.127 e. The molecule has 2 unspecified atom stereocenters. The summed E-state index contributed by atoms with van der Waals surface area (Å²) in [5.74, 6) is 3.40. The fraction of sp³-hybridized carbons (Fsp3) is 0.560. The minimum atomic E-state index is -0.759. The maximum absolute atomic E-state index is 14.5. The summed E-state index contributed by atoms with van der Waals surface area (Å²) in [6.07, 6.45) is 8.05. The number of piperazine rings is 1. The molecule has 7 N–H and O–H groups in total. The molecule has 2 rings (SSSR count). The van der Waals surface area contributed by atoms with E-state index in [4.69, 9.17) is 10.9 Å². The highest BCUT2D eigenvalue weighted by atomic mass is 32.2. The fourth-order valence-corrected chi connectivity index (χ4v) is 5.21. The number of aliphatic hydroxyl groups excluding tert-OH is 2. The van der Waals surface area contributed by atoms with Crippen molar-refractivity contribution < 1.29 is 14.6 Å². The molecule has 0 amide bonds. The van der Waals surface area contributed by atoms with Gasteiger partial charge >= 0.3 is 0 Å². The topological polar surface area (TPSA) is 114 Å². The number of nitrogens with two attached hydrogens (primary N) is 2. The molecule has 0 aromatic carbocycles. The van der Waals surface area contributed by atoms with Crippen LogP contribution in [0, 0.1) is 0 Å². The maximum atomic E-state index is 14.5. The quantitative estimate of drug-likeness (QED) is 0.164. The Morgan fingerprint density at radius 1 is 1.14 bits per heavy atom. The van der Waals surface area contributed by atoms with Gasteiger partial charge in [-0.15, -0.1) is 0 Å². The van der Waals surface area contributed by atoms with Crippen molar-refractivity contribution >= 4 is 16.7 Å². The molecule has 0 aliphatic carbocycles. The smallest absolute Gasteiger partial charge is 0.127 e. The first-order valence-electron chi connectivity index (χ1n) is 12.1. The standard InChI is InChI=1S/C25H43FN6O2S/c1-5-20(25(26)14-23(33)6-2)17-30-9-7-22(8-10-30)32-12-11-31(16-19(32)3)18-24(34)13-21(15-27)29-35(4)28/h6,13-15,19,22,29,33-34H,2,4-5,7-12,16-18,27-28H2,1,3H3/b21-15+,23-14+,24-13+,25-20-. The normalized spacial score (nSPS) is 24.2. The second-order valence-corrected chi connectivity index (χ2v) is 10.3. The SMILES string of the molecule is C=C/C(O)=C\C(F)=C(/CC)CN1CCC(N2CCN(C/C(O)=C\C(=C/N)NS(=C)N)CC2C)CC1. The summed E-state index contributed by atoms with van der Waals surface area (Å²) in [7, 11) is -0.759. The Hall–Kier alpha value is -2.11. The Labute approximate surface area is 212 Å². The van der Waals surface area contributed by atoms with Gasteiger partial charge in [0.15, 0.2) is 0 Å². The number of nitrogens with zero attached hydrogens (tertiary/aromatic N) is 3. The van der Waals surface area contributed by atoms with Crippen LogP contribution < -0.4 is 15.6 Å². The molecule has 0 saturated carbocycles. The van der Waals surface area contributed by atoms with Gasteiger partial charge in [-0.05, 0) is 67.7 Å². The number of allylic oxidation sites excluding steroid dienone is 4. The molecule has 0 aromatic rings. The predicted octanol–water partition coefficient (Wildman–Crippen LogP) is 3.04. The lowest BCUT2D eigenvalue weighted by molar-refractivity contribution is 0.0233. The molecule has 0 spiro atoms. The van der Waals surface area contributed by atoms with E-state index in [0.29, 0.717) is 42.9 Å². The first-order chi connectivity index (χ1) is 16.7. The van der Waals surface area contributed by atoms with Gasteiger partial charge in [0.25, 0.3) is 0 Å². The highest BCUT2D eigenvalue weighted by Crippen LogP contribution is 2.24. The molecular formula is C25H43FN6O2S. The molecule has 2 heterocycles. The number of hydrogen-bond donors (Lipinski definition) is 5. The van der Waals surface area contributed by atoms with Crippen molar-refractivity contribution in [3.05, 3.63) is 59.6 Å². The van der Waals surface area contributed by atoms with Gasteiger partial charge in [-0.3, -0.25) is 19.8 Å². The average Bonchev–Trinajstić information content (AvgIpc) is 2.82. The summed E-state index contributed by atoms with van der Waals surface area (Å²) in [6, 6.07) is 0.882. The number of hydrogen-bond acceptors (Lipinski definition) is 8. The summed E-state index contributed by atoms with van der Waals surface area (Å²) < 4.78 is 17.4. The van der Waals surface area contributed by atoms with Crippen LogP contribution in [0.2, 0.25) is 0 Å². The van der Waals surface area contributed by atoms with E-state index in [1.54, 1.807) is 6.08 Å². The van der Waals surface area contributed by atoms with E-state index in [2.05, 4.69) is 38.8 Å². The Morgan fingerprint density at radius 2 is 1.83 bits per heavy atom. The van der Waals surface area contributed by atoms with Crippen molar-refractivity contribution in [2.24, 2.45) is 10.9 Å². The van der Waals surface area contributed by atoms with Crippen molar-refractivity contribution in [2.45, 2.75) is 45.2 Å². The van der Waals surface area contributed by atoms with Crippen LogP contribution in [0.15, 0.2) is 59.6 Å². The zero-order valence-electron chi connectivity index (χ0n) is 21.1. The van der Waals surface area contributed by atoms with Gasteiger partial charge in [0.1, 0.15) is 17.3 Å². The van der Waals surface area contributed by atoms with Gasteiger partial charge in [0.2, 0.25) is 0 Å². The zero-order valence-corrected chi connectivity index (χ0v) is 21.9.